The Bertz CT molecular complexity index is 216. The molecule has 9 N–H and O–H groups in total. The minimum Gasteiger partial charge on any atom is -0.483 e. The Morgan fingerprint density at radius 1 is 0.750 bits per heavy atom. The summed E-state index contributed by atoms with van der Waals surface area (Å²) in [5, 5.41) is 6.89. The molecule has 0 unspecified atom stereocenters. The Balaban J connectivity index is -0.0000000304. The average Bonchev–Trinajstić information content (AvgIpc) is 1.97. The first kappa shape index (κ1) is 37.1. The summed E-state index contributed by atoms with van der Waals surface area (Å²) < 4.78 is 0.333. The van der Waals surface area contributed by atoms with E-state index < -0.39 is 0 Å². The molecule has 0 atom stereocenters. The van der Waals surface area contributed by atoms with Gasteiger partial charge in [-0.3, -0.25) is 4.79 Å². The van der Waals surface area contributed by atoms with Gasteiger partial charge >= 0.3 is 21.1 Å². The summed E-state index contributed by atoms with van der Waals surface area (Å²) in [5.41, 5.74) is 18.6. The minimum atomic E-state index is -0.250. The number of hydrogen-bond donors (Lipinski definition) is 5. The van der Waals surface area contributed by atoms with Gasteiger partial charge in [-0.25, -0.2) is 0 Å². The maximum atomic E-state index is 8.36. The molecule has 0 fully saturated rings. The fraction of sp³-hybridized carbons (Fsp3) is 0. The van der Waals surface area contributed by atoms with Crippen LogP contribution in [-0.4, -0.2) is 28.9 Å². The van der Waals surface area contributed by atoms with Crippen LogP contribution < -0.4 is 22.9 Å². The summed E-state index contributed by atoms with van der Waals surface area (Å²) in [4.78, 5) is 8.36. The van der Waals surface area contributed by atoms with Crippen LogP contribution in [0.15, 0.2) is 0 Å². The van der Waals surface area contributed by atoms with Gasteiger partial charge < -0.3 is 127 Å². The molecule has 20 heavy (non-hydrogen) atoms. The van der Waals surface area contributed by atoms with Crippen molar-refractivity contribution in [2.24, 2.45) is 22.9 Å². The summed E-state index contributed by atoms with van der Waals surface area (Å²) in [6.45, 7) is -0.250. The minimum absolute atomic E-state index is 0. The first-order valence-corrected chi connectivity index (χ1v) is 6.55. The maximum absolute atomic E-state index is 8.36. The summed E-state index contributed by atoms with van der Waals surface area (Å²) in [5.74, 6) is 0. The molecule has 0 saturated heterocycles. The normalized spacial score (nSPS) is 5.40. The van der Waals surface area contributed by atoms with Crippen LogP contribution in [0.4, 0.5) is 0 Å². The second-order valence-corrected chi connectivity index (χ2v) is 5.93. The van der Waals surface area contributed by atoms with Crippen molar-refractivity contribution in [2.75, 3.05) is 0 Å². The van der Waals surface area contributed by atoms with Crippen LogP contribution in [0, 0.1) is 0 Å². The Kier molecular flexibility index (Phi) is 68.1. The molecule has 0 aliphatic rings. The van der Waals surface area contributed by atoms with Crippen molar-refractivity contribution in [3.8, 4) is 0 Å². The van der Waals surface area contributed by atoms with Crippen molar-refractivity contribution >= 4 is 123 Å². The fourth-order valence-corrected chi connectivity index (χ4v) is 0. The van der Waals surface area contributed by atoms with Crippen molar-refractivity contribution in [1.29, 1.82) is 0 Å². The van der Waals surface area contributed by atoms with E-state index in [-0.39, 0.29) is 44.8 Å². The zero-order valence-electron chi connectivity index (χ0n) is 9.42. The van der Waals surface area contributed by atoms with Gasteiger partial charge in [0.2, 0.25) is 0 Å². The molecule has 0 aromatic heterocycles. The maximum Gasteiger partial charge on any atom is 4.00 e. The summed E-state index contributed by atoms with van der Waals surface area (Å²) >= 11 is 33.0. The van der Waals surface area contributed by atoms with Gasteiger partial charge in [0, 0.05) is 0 Å². The number of carboxylic acid groups (broad SMARTS) is 1. The molecule has 0 spiro atoms. The fourth-order valence-electron chi connectivity index (χ4n) is 0. The Morgan fingerprint density at radius 3 is 0.750 bits per heavy atom. The molecule has 0 aliphatic heterocycles. The molecule has 0 radical (unpaired) electrons. The molecular weight excluding hydrogens is 501 g/mol. The van der Waals surface area contributed by atoms with Gasteiger partial charge in [-0.05, 0) is 0 Å². The van der Waals surface area contributed by atoms with E-state index in [1.165, 1.54) is 0 Å². The smallest absolute Gasteiger partial charge is 0.483 e. The van der Waals surface area contributed by atoms with Crippen LogP contribution in [0.2, 0.25) is 0 Å². The molecule has 0 bridgehead atoms. The van der Waals surface area contributed by atoms with Gasteiger partial charge in [0.05, 0.1) is 0 Å². The zero-order valence-corrected chi connectivity index (χ0v) is 18.0. The van der Waals surface area contributed by atoms with E-state index in [9.17, 15) is 0 Å². The molecule has 0 aromatic carbocycles. The van der Waals surface area contributed by atoms with E-state index in [2.05, 4.69) is 122 Å². The van der Waals surface area contributed by atoms with Crippen molar-refractivity contribution in [3.63, 3.8) is 0 Å². The predicted molar refractivity (Wildman–Crippen MR) is 105 cm³/mol. The van der Waals surface area contributed by atoms with Gasteiger partial charge in [0.1, 0.15) is 0 Å². The molecule has 0 heterocycles. The molecule has 15 heteroatoms. The molecule has 0 aromatic rings. The third-order valence-corrected chi connectivity index (χ3v) is 0. The van der Waals surface area contributed by atoms with Crippen molar-refractivity contribution in [2.45, 2.75) is 0 Å². The number of nitrogens with two attached hydrogens (primary N) is 4. The van der Waals surface area contributed by atoms with Crippen LogP contribution in [0.25, 0.3) is 0 Å². The summed E-state index contributed by atoms with van der Waals surface area (Å²) in [7, 11) is 0. The molecule has 0 amide bonds. The summed E-state index contributed by atoms with van der Waals surface area (Å²) in [6, 6.07) is 0. The van der Waals surface area contributed by atoms with E-state index in [1.807, 2.05) is 0 Å². The van der Waals surface area contributed by atoms with E-state index in [0.717, 1.165) is 0 Å². The Labute approximate surface area is 175 Å². The molecular formula is C5H10MoN4O2S8. The second kappa shape index (κ2) is 36.7. The first-order valence-electron chi connectivity index (χ1n) is 3.28. The van der Waals surface area contributed by atoms with E-state index in [1.54, 1.807) is 0 Å². The van der Waals surface area contributed by atoms with Crippen LogP contribution in [0.3, 0.4) is 0 Å². The third-order valence-electron chi connectivity index (χ3n) is 0. The zero-order chi connectivity index (χ0) is 17.0. The van der Waals surface area contributed by atoms with Crippen LogP contribution in [-0.2, 0) is 76.4 Å². The molecule has 0 rings (SSSR count). The van der Waals surface area contributed by atoms with E-state index >= 15 is 0 Å². The predicted octanol–water partition coefficient (Wildman–Crippen LogP) is -1.19. The first-order chi connectivity index (χ1) is 8.34. The number of hydrogen-bond acceptors (Lipinski definition) is 9. The quantitative estimate of drug-likeness (QED) is 0.115. The average molecular weight is 511 g/mol. The monoisotopic (exact) mass is 512 g/mol. The molecule has 6 nitrogen and oxygen atoms in total. The number of rotatable bonds is 0. The largest absolute Gasteiger partial charge is 4.00 e. The molecule has 116 valence electrons. The number of thiocarbonyl (C=S) groups is 4. The van der Waals surface area contributed by atoms with Gasteiger partial charge in [-0.2, -0.15) is 0 Å². The van der Waals surface area contributed by atoms with Crippen molar-refractivity contribution in [1.82, 2.24) is 0 Å². The third kappa shape index (κ3) is 16100. The Morgan fingerprint density at radius 2 is 0.750 bits per heavy atom. The Hall–Kier alpha value is 0.598. The topological polar surface area (TPSA) is 141 Å². The molecule has 0 saturated carbocycles. The van der Waals surface area contributed by atoms with Crippen molar-refractivity contribution < 1.29 is 31.0 Å². The van der Waals surface area contributed by atoms with Crippen LogP contribution in [0.5, 0.6) is 0 Å². The number of carbonyl (C=O) groups is 1. The van der Waals surface area contributed by atoms with Gasteiger partial charge in [-0.15, -0.1) is 0 Å². The summed E-state index contributed by atoms with van der Waals surface area (Å²) in [6.07, 6.45) is 0. The van der Waals surface area contributed by atoms with Crippen LogP contribution >= 0.6 is 48.9 Å². The van der Waals surface area contributed by atoms with Crippen LogP contribution in [0.1, 0.15) is 0 Å². The second-order valence-electron chi connectivity index (χ2n) is 1.38. The molecule has 0 aliphatic carbocycles. The SMILES string of the molecule is NC(=S)[S-].NC(=S)[S-].NC(=S)[S-].NC(=S)[S-].O=CO.[Mo+4]. The van der Waals surface area contributed by atoms with Gasteiger partial charge in [-0.1, -0.05) is 17.3 Å². The van der Waals surface area contributed by atoms with Gasteiger partial charge in [0.25, 0.3) is 6.47 Å². The van der Waals surface area contributed by atoms with Crippen molar-refractivity contribution in [3.05, 3.63) is 0 Å². The van der Waals surface area contributed by atoms with Gasteiger partial charge in [0.15, 0.2) is 0 Å². The standard InChI is InChI=1S/4CH3NS2.CH2O2.Mo/c4*2-1(3)4;2-1-3;/h4*(H3,2,3,4);1H,(H,2,3);/q;;;;;+4/p-4. The van der Waals surface area contributed by atoms with E-state index in [4.69, 9.17) is 9.90 Å². The van der Waals surface area contributed by atoms with E-state index in [0.29, 0.717) is 0 Å².